The van der Waals surface area contributed by atoms with Gasteiger partial charge in [0.25, 0.3) is 0 Å². The van der Waals surface area contributed by atoms with Crippen molar-refractivity contribution in [3.8, 4) is 6.07 Å². The minimum Gasteiger partial charge on any atom is -0.298 e. The smallest absolute Gasteiger partial charge is 0.119 e. The highest BCUT2D eigenvalue weighted by Crippen LogP contribution is 2.42. The SMILES string of the molecule is CCCNC(C#N)(CSc1ccc(C)c(C)c1)C1CC1. The van der Waals surface area contributed by atoms with Gasteiger partial charge in [0, 0.05) is 10.6 Å². The Labute approximate surface area is 127 Å². The van der Waals surface area contributed by atoms with E-state index in [2.05, 4.69) is 50.4 Å². The maximum absolute atomic E-state index is 9.66. The standard InChI is InChI=1S/C17H24N2S/c1-4-9-19-17(11-18,15-6-7-15)12-20-16-8-5-13(2)14(3)10-16/h5,8,10,15,19H,4,6-7,9,12H2,1-3H3. The van der Waals surface area contributed by atoms with Gasteiger partial charge in [0.05, 0.1) is 6.07 Å². The van der Waals surface area contributed by atoms with Crippen molar-refractivity contribution in [3.05, 3.63) is 29.3 Å². The Morgan fingerprint density at radius 2 is 2.10 bits per heavy atom. The fraction of sp³-hybridized carbons (Fsp3) is 0.588. The first-order chi connectivity index (χ1) is 9.61. The molecule has 1 fully saturated rings. The molecule has 0 aliphatic heterocycles. The first-order valence-corrected chi connectivity index (χ1v) is 8.46. The Morgan fingerprint density at radius 1 is 1.35 bits per heavy atom. The zero-order chi connectivity index (χ0) is 14.6. The van der Waals surface area contributed by atoms with Gasteiger partial charge in [-0.3, -0.25) is 5.32 Å². The number of rotatable bonds is 7. The number of nitrogens with one attached hydrogen (secondary N) is 1. The molecule has 0 saturated heterocycles. The van der Waals surface area contributed by atoms with E-state index in [9.17, 15) is 5.26 Å². The number of nitrogens with zero attached hydrogens (tertiary/aromatic N) is 1. The van der Waals surface area contributed by atoms with Crippen molar-refractivity contribution in [2.24, 2.45) is 5.92 Å². The van der Waals surface area contributed by atoms with Gasteiger partial charge < -0.3 is 0 Å². The summed E-state index contributed by atoms with van der Waals surface area (Å²) in [7, 11) is 0. The Balaban J connectivity index is 2.04. The highest BCUT2D eigenvalue weighted by Gasteiger charge is 2.45. The summed E-state index contributed by atoms with van der Waals surface area (Å²) in [4.78, 5) is 1.27. The molecule has 1 aromatic rings. The number of benzene rings is 1. The highest BCUT2D eigenvalue weighted by atomic mass is 32.2. The quantitative estimate of drug-likeness (QED) is 0.768. The molecular weight excluding hydrogens is 264 g/mol. The van der Waals surface area contributed by atoms with Crippen molar-refractivity contribution in [2.75, 3.05) is 12.3 Å². The van der Waals surface area contributed by atoms with E-state index in [0.717, 1.165) is 18.7 Å². The van der Waals surface area contributed by atoms with Gasteiger partial charge in [0.15, 0.2) is 0 Å². The third kappa shape index (κ3) is 3.56. The molecular formula is C17H24N2S. The Kier molecular flexibility index (Phi) is 5.12. The molecule has 1 atom stereocenters. The predicted octanol–water partition coefficient (Wildman–Crippen LogP) is 4.07. The van der Waals surface area contributed by atoms with E-state index in [4.69, 9.17) is 0 Å². The minimum absolute atomic E-state index is 0.334. The highest BCUT2D eigenvalue weighted by molar-refractivity contribution is 7.99. The van der Waals surface area contributed by atoms with Crippen LogP contribution in [0.1, 0.15) is 37.3 Å². The average Bonchev–Trinajstić information content (AvgIpc) is 3.28. The molecule has 0 aromatic heterocycles. The van der Waals surface area contributed by atoms with E-state index < -0.39 is 0 Å². The van der Waals surface area contributed by atoms with Crippen molar-refractivity contribution in [3.63, 3.8) is 0 Å². The van der Waals surface area contributed by atoms with Crippen LogP contribution in [0.3, 0.4) is 0 Å². The topological polar surface area (TPSA) is 35.8 Å². The van der Waals surface area contributed by atoms with Gasteiger partial charge >= 0.3 is 0 Å². The fourth-order valence-electron chi connectivity index (χ4n) is 2.40. The lowest BCUT2D eigenvalue weighted by atomic mass is 9.97. The largest absolute Gasteiger partial charge is 0.298 e. The normalized spacial score (nSPS) is 17.5. The minimum atomic E-state index is -0.334. The predicted molar refractivity (Wildman–Crippen MR) is 86.0 cm³/mol. The molecule has 0 amide bonds. The van der Waals surface area contributed by atoms with Gasteiger partial charge in [-0.25, -0.2) is 0 Å². The first kappa shape index (κ1) is 15.4. The summed E-state index contributed by atoms with van der Waals surface area (Å²) in [5.41, 5.74) is 2.32. The van der Waals surface area contributed by atoms with Crippen LogP contribution in [0.15, 0.2) is 23.1 Å². The summed E-state index contributed by atoms with van der Waals surface area (Å²) in [5, 5.41) is 13.2. The molecule has 0 heterocycles. The molecule has 0 spiro atoms. The Morgan fingerprint density at radius 3 is 2.65 bits per heavy atom. The summed E-state index contributed by atoms with van der Waals surface area (Å²) in [6.45, 7) is 7.36. The molecule has 1 N–H and O–H groups in total. The summed E-state index contributed by atoms with van der Waals surface area (Å²) in [6, 6.07) is 9.15. The molecule has 1 saturated carbocycles. The monoisotopic (exact) mass is 288 g/mol. The summed E-state index contributed by atoms with van der Waals surface area (Å²) >= 11 is 1.81. The van der Waals surface area contributed by atoms with Crippen LogP contribution in [-0.2, 0) is 0 Å². The zero-order valence-corrected chi connectivity index (χ0v) is 13.5. The summed E-state index contributed by atoms with van der Waals surface area (Å²) < 4.78 is 0. The first-order valence-electron chi connectivity index (χ1n) is 7.47. The van der Waals surface area contributed by atoms with Crippen LogP contribution in [0.2, 0.25) is 0 Å². The molecule has 2 rings (SSSR count). The molecule has 3 heteroatoms. The lowest BCUT2D eigenvalue weighted by molar-refractivity contribution is 0.405. The average molecular weight is 288 g/mol. The molecule has 1 aliphatic carbocycles. The fourth-order valence-corrected chi connectivity index (χ4v) is 3.62. The summed E-state index contributed by atoms with van der Waals surface area (Å²) in [5.74, 6) is 1.38. The molecule has 2 nitrogen and oxygen atoms in total. The van der Waals surface area contributed by atoms with E-state index in [1.165, 1.54) is 28.9 Å². The van der Waals surface area contributed by atoms with Crippen molar-refractivity contribution in [2.45, 2.75) is 50.5 Å². The number of hydrogen-bond donors (Lipinski definition) is 1. The van der Waals surface area contributed by atoms with E-state index in [-0.39, 0.29) is 5.54 Å². The van der Waals surface area contributed by atoms with Gasteiger partial charge in [-0.1, -0.05) is 13.0 Å². The maximum Gasteiger partial charge on any atom is 0.119 e. The lowest BCUT2D eigenvalue weighted by Crippen LogP contribution is -2.48. The van der Waals surface area contributed by atoms with Crippen molar-refractivity contribution < 1.29 is 0 Å². The third-order valence-electron chi connectivity index (χ3n) is 4.11. The second-order valence-electron chi connectivity index (χ2n) is 5.82. The van der Waals surface area contributed by atoms with Crippen LogP contribution >= 0.6 is 11.8 Å². The number of nitriles is 1. The molecule has 20 heavy (non-hydrogen) atoms. The van der Waals surface area contributed by atoms with Crippen molar-refractivity contribution in [1.29, 1.82) is 5.26 Å². The van der Waals surface area contributed by atoms with Gasteiger partial charge in [-0.05, 0) is 68.8 Å². The van der Waals surface area contributed by atoms with Crippen LogP contribution in [-0.4, -0.2) is 17.8 Å². The number of hydrogen-bond acceptors (Lipinski definition) is 3. The van der Waals surface area contributed by atoms with E-state index in [1.54, 1.807) is 0 Å². The van der Waals surface area contributed by atoms with Crippen molar-refractivity contribution >= 4 is 11.8 Å². The van der Waals surface area contributed by atoms with Crippen LogP contribution in [0.25, 0.3) is 0 Å². The lowest BCUT2D eigenvalue weighted by Gasteiger charge is -2.27. The molecule has 108 valence electrons. The van der Waals surface area contributed by atoms with E-state index in [0.29, 0.717) is 5.92 Å². The second kappa shape index (κ2) is 6.65. The number of aryl methyl sites for hydroxylation is 2. The number of thioether (sulfide) groups is 1. The van der Waals surface area contributed by atoms with Crippen LogP contribution in [0, 0.1) is 31.1 Å². The van der Waals surface area contributed by atoms with E-state index >= 15 is 0 Å². The molecule has 1 aliphatic rings. The van der Waals surface area contributed by atoms with Crippen LogP contribution < -0.4 is 5.32 Å². The van der Waals surface area contributed by atoms with Crippen molar-refractivity contribution in [1.82, 2.24) is 5.32 Å². The van der Waals surface area contributed by atoms with Gasteiger partial charge in [0.1, 0.15) is 5.54 Å². The van der Waals surface area contributed by atoms with Gasteiger partial charge in [-0.15, -0.1) is 11.8 Å². The molecule has 1 aromatic carbocycles. The Bertz CT molecular complexity index is 502. The third-order valence-corrected chi connectivity index (χ3v) is 5.30. The van der Waals surface area contributed by atoms with E-state index in [1.807, 2.05) is 11.8 Å². The Hall–Kier alpha value is -0.980. The van der Waals surface area contributed by atoms with Gasteiger partial charge in [-0.2, -0.15) is 5.26 Å². The molecule has 0 bridgehead atoms. The molecule has 0 radical (unpaired) electrons. The second-order valence-corrected chi connectivity index (χ2v) is 6.87. The molecule has 1 unspecified atom stereocenters. The zero-order valence-electron chi connectivity index (χ0n) is 12.7. The van der Waals surface area contributed by atoms with Crippen LogP contribution in [0.4, 0.5) is 0 Å². The van der Waals surface area contributed by atoms with Gasteiger partial charge in [0.2, 0.25) is 0 Å². The maximum atomic E-state index is 9.66. The van der Waals surface area contributed by atoms with Crippen LogP contribution in [0.5, 0.6) is 0 Å². The summed E-state index contributed by atoms with van der Waals surface area (Å²) in [6.07, 6.45) is 3.46.